The second-order valence-corrected chi connectivity index (χ2v) is 8.12. The first kappa shape index (κ1) is 21.2. The van der Waals surface area contributed by atoms with Gasteiger partial charge in [-0.1, -0.05) is 11.6 Å². The van der Waals surface area contributed by atoms with E-state index in [0.29, 0.717) is 26.3 Å². The van der Waals surface area contributed by atoms with E-state index >= 15 is 0 Å². The van der Waals surface area contributed by atoms with Crippen LogP contribution >= 0.6 is 11.6 Å². The summed E-state index contributed by atoms with van der Waals surface area (Å²) in [7, 11) is -3.58. The molecule has 0 bridgehead atoms. The fraction of sp³-hybridized carbons (Fsp3) is 0.412. The van der Waals surface area contributed by atoms with Crippen molar-refractivity contribution >= 4 is 32.9 Å². The van der Waals surface area contributed by atoms with E-state index in [-0.39, 0.29) is 26.7 Å². The van der Waals surface area contributed by atoms with Crippen LogP contribution in [0.5, 0.6) is 0 Å². The van der Waals surface area contributed by atoms with E-state index in [2.05, 4.69) is 10.4 Å². The maximum atomic E-state index is 12.8. The van der Waals surface area contributed by atoms with Gasteiger partial charge in [0.1, 0.15) is 5.56 Å². The minimum Gasteiger partial charge on any atom is -0.380 e. The number of benzene rings is 1. The summed E-state index contributed by atoms with van der Waals surface area (Å²) in [6.45, 7) is 5.16. The number of rotatable bonds is 9. The van der Waals surface area contributed by atoms with Crippen molar-refractivity contribution in [3.63, 3.8) is 0 Å². The molecule has 0 aliphatic rings. The number of hydrogen-bond donors (Lipinski definition) is 2. The highest BCUT2D eigenvalue weighted by Gasteiger charge is 2.24. The Morgan fingerprint density at radius 2 is 2.00 bits per heavy atom. The largest absolute Gasteiger partial charge is 0.380 e. The topological polar surface area (TPSA) is 110 Å². The second-order valence-electron chi connectivity index (χ2n) is 5.76. The Kier molecular flexibility index (Phi) is 6.85. The number of H-pyrrole nitrogens is 1. The molecule has 0 spiro atoms. The number of anilines is 1. The predicted octanol–water partition coefficient (Wildman–Crippen LogP) is 1.93. The molecule has 0 fully saturated rings. The minimum atomic E-state index is -3.58. The number of aromatic amines is 1. The third-order valence-corrected chi connectivity index (χ3v) is 5.43. The number of carbonyl (C=O) groups excluding carboxylic acids is 1. The number of nitrogens with one attached hydrogen (secondary N) is 2. The Balaban J connectivity index is 2.50. The summed E-state index contributed by atoms with van der Waals surface area (Å²) in [6, 6.07) is 2.62. The van der Waals surface area contributed by atoms with Crippen LogP contribution in [0.15, 0.2) is 28.0 Å². The fourth-order valence-corrected chi connectivity index (χ4v) is 3.78. The highest BCUT2D eigenvalue weighted by atomic mass is 35.5. The van der Waals surface area contributed by atoms with E-state index < -0.39 is 21.2 Å². The maximum Gasteiger partial charge on any atom is 0.277 e. The Morgan fingerprint density at radius 1 is 1.30 bits per heavy atom. The van der Waals surface area contributed by atoms with Gasteiger partial charge >= 0.3 is 0 Å². The molecule has 1 heterocycles. The maximum absolute atomic E-state index is 12.8. The number of nitrogens with zero attached hydrogens (tertiary/aromatic N) is 1. The standard InChI is InChI=1S/C17H22ClN3O5S/c1-4-21-17(23)12(10-20-21)16(22)11-6-7-13(27(3,24)25)15(14(11)18)19-8-9-26-5-2/h6-7,10,19-20H,4-5,8-9H2,1-3H3. The van der Waals surface area contributed by atoms with Crippen LogP contribution in [0, 0.1) is 0 Å². The molecular formula is C17H22ClN3O5S. The normalized spacial score (nSPS) is 11.6. The zero-order valence-corrected chi connectivity index (χ0v) is 16.9. The van der Waals surface area contributed by atoms with Crippen molar-refractivity contribution in [1.29, 1.82) is 0 Å². The van der Waals surface area contributed by atoms with Gasteiger partial charge in [0.2, 0.25) is 5.78 Å². The molecule has 8 nitrogen and oxygen atoms in total. The lowest BCUT2D eigenvalue weighted by Crippen LogP contribution is -2.21. The molecule has 2 aromatic rings. The average Bonchev–Trinajstić information content (AvgIpc) is 2.98. The first-order chi connectivity index (χ1) is 12.7. The Labute approximate surface area is 162 Å². The van der Waals surface area contributed by atoms with Gasteiger partial charge in [-0.2, -0.15) is 0 Å². The molecule has 10 heteroatoms. The summed E-state index contributed by atoms with van der Waals surface area (Å²) in [5.41, 5.74) is -0.360. The molecule has 148 valence electrons. The van der Waals surface area contributed by atoms with Crippen LogP contribution in [-0.2, 0) is 21.1 Å². The zero-order valence-electron chi connectivity index (χ0n) is 15.3. The number of carbonyl (C=O) groups is 1. The lowest BCUT2D eigenvalue weighted by Gasteiger charge is -2.15. The van der Waals surface area contributed by atoms with Crippen molar-refractivity contribution < 1.29 is 17.9 Å². The molecule has 2 rings (SSSR count). The molecule has 2 N–H and O–H groups in total. The van der Waals surface area contributed by atoms with Gasteiger partial charge in [0.15, 0.2) is 9.84 Å². The SMILES string of the molecule is CCOCCNc1c(S(C)(=O)=O)ccc(C(=O)c2c[nH]n(CC)c2=O)c1Cl. The quantitative estimate of drug-likeness (QED) is 0.478. The molecule has 1 aromatic heterocycles. The van der Waals surface area contributed by atoms with Gasteiger partial charge in [-0.3, -0.25) is 14.3 Å². The Morgan fingerprint density at radius 3 is 2.56 bits per heavy atom. The summed E-state index contributed by atoms with van der Waals surface area (Å²) in [5, 5.41) is 5.57. The van der Waals surface area contributed by atoms with E-state index in [0.717, 1.165) is 6.26 Å². The average molecular weight is 416 g/mol. The van der Waals surface area contributed by atoms with Crippen LogP contribution in [-0.4, -0.2) is 50.0 Å². The molecule has 0 atom stereocenters. The predicted molar refractivity (Wildman–Crippen MR) is 104 cm³/mol. The number of ether oxygens (including phenoxy) is 1. The van der Waals surface area contributed by atoms with Crippen LogP contribution in [0.1, 0.15) is 29.8 Å². The number of ketones is 1. The number of halogens is 1. The van der Waals surface area contributed by atoms with E-state index in [4.69, 9.17) is 16.3 Å². The monoisotopic (exact) mass is 415 g/mol. The van der Waals surface area contributed by atoms with Crippen molar-refractivity contribution in [2.45, 2.75) is 25.3 Å². The summed E-state index contributed by atoms with van der Waals surface area (Å²) < 4.78 is 30.7. The van der Waals surface area contributed by atoms with Gasteiger partial charge in [0.05, 0.1) is 22.2 Å². The van der Waals surface area contributed by atoms with E-state index in [1.165, 1.54) is 23.0 Å². The summed E-state index contributed by atoms with van der Waals surface area (Å²) in [5.74, 6) is -0.582. The van der Waals surface area contributed by atoms with Gasteiger partial charge in [0, 0.05) is 37.7 Å². The molecule has 0 aliphatic heterocycles. The van der Waals surface area contributed by atoms with E-state index in [1.54, 1.807) is 6.92 Å². The van der Waals surface area contributed by atoms with Gasteiger partial charge < -0.3 is 15.2 Å². The summed E-state index contributed by atoms with van der Waals surface area (Å²) >= 11 is 6.36. The molecule has 1 aromatic carbocycles. The lowest BCUT2D eigenvalue weighted by atomic mass is 10.1. The van der Waals surface area contributed by atoms with E-state index in [9.17, 15) is 18.0 Å². The van der Waals surface area contributed by atoms with Crippen LogP contribution in [0.25, 0.3) is 0 Å². The molecule has 27 heavy (non-hydrogen) atoms. The highest BCUT2D eigenvalue weighted by molar-refractivity contribution is 7.90. The van der Waals surface area contributed by atoms with Gasteiger partial charge in [-0.25, -0.2) is 8.42 Å². The molecule has 0 unspecified atom stereocenters. The van der Waals surface area contributed by atoms with Gasteiger partial charge in [-0.15, -0.1) is 0 Å². The van der Waals surface area contributed by atoms with E-state index in [1.807, 2.05) is 6.92 Å². The smallest absolute Gasteiger partial charge is 0.277 e. The van der Waals surface area contributed by atoms with Crippen molar-refractivity contribution in [2.24, 2.45) is 0 Å². The van der Waals surface area contributed by atoms with Crippen molar-refractivity contribution in [2.75, 3.05) is 31.3 Å². The number of aromatic nitrogens is 2. The van der Waals surface area contributed by atoms with Crippen LogP contribution < -0.4 is 10.9 Å². The van der Waals surface area contributed by atoms with Crippen molar-refractivity contribution in [1.82, 2.24) is 9.78 Å². The highest BCUT2D eigenvalue weighted by Crippen LogP contribution is 2.33. The second kappa shape index (κ2) is 8.73. The first-order valence-electron chi connectivity index (χ1n) is 8.39. The Hall–Kier alpha value is -2.10. The van der Waals surface area contributed by atoms with Crippen LogP contribution in [0.3, 0.4) is 0 Å². The first-order valence-corrected chi connectivity index (χ1v) is 10.7. The minimum absolute atomic E-state index is 0.0272. The number of hydrogen-bond acceptors (Lipinski definition) is 6. The molecule has 0 aliphatic carbocycles. The van der Waals surface area contributed by atoms with Crippen molar-refractivity contribution in [3.8, 4) is 0 Å². The van der Waals surface area contributed by atoms with Gasteiger partial charge in [-0.05, 0) is 26.0 Å². The van der Waals surface area contributed by atoms with Crippen molar-refractivity contribution in [3.05, 3.63) is 44.8 Å². The zero-order chi connectivity index (χ0) is 20.2. The number of aryl methyl sites for hydroxylation is 1. The summed E-state index contributed by atoms with van der Waals surface area (Å²) in [4.78, 5) is 25.0. The molecule has 0 radical (unpaired) electrons. The molecule has 0 saturated carbocycles. The molecular weight excluding hydrogens is 394 g/mol. The number of sulfone groups is 1. The van der Waals surface area contributed by atoms with Crippen LogP contribution in [0.4, 0.5) is 5.69 Å². The molecule has 0 saturated heterocycles. The third-order valence-electron chi connectivity index (χ3n) is 3.90. The van der Waals surface area contributed by atoms with Gasteiger partial charge in [0.25, 0.3) is 5.56 Å². The molecule has 0 amide bonds. The third kappa shape index (κ3) is 4.60. The Bertz CT molecular complexity index is 994. The lowest BCUT2D eigenvalue weighted by molar-refractivity contribution is 0.103. The fourth-order valence-electron chi connectivity index (χ4n) is 2.55. The van der Waals surface area contributed by atoms with Crippen LogP contribution in [0.2, 0.25) is 5.02 Å². The summed E-state index contributed by atoms with van der Waals surface area (Å²) in [6.07, 6.45) is 2.37.